The number of hydrazine groups is 1. The van der Waals surface area contributed by atoms with Crippen LogP contribution in [-0.4, -0.2) is 25.8 Å². The predicted molar refractivity (Wildman–Crippen MR) is 116 cm³/mol. The van der Waals surface area contributed by atoms with E-state index in [4.69, 9.17) is 17.3 Å². The number of hydrogen-bond acceptors (Lipinski definition) is 5. The molecule has 0 fully saturated rings. The lowest BCUT2D eigenvalue weighted by Crippen LogP contribution is -2.40. The average molecular weight is 416 g/mol. The Morgan fingerprint density at radius 1 is 1.31 bits per heavy atom. The topological polar surface area (TPSA) is 102 Å². The monoisotopic (exact) mass is 415 g/mol. The molecule has 0 aliphatic carbocycles. The van der Waals surface area contributed by atoms with Gasteiger partial charge in [0.25, 0.3) is 0 Å². The van der Waals surface area contributed by atoms with E-state index < -0.39 is 6.03 Å². The van der Waals surface area contributed by atoms with Crippen LogP contribution in [0.25, 0.3) is 11.0 Å². The first-order valence-corrected chi connectivity index (χ1v) is 9.96. The molecule has 3 rings (SSSR count). The zero-order valence-electron chi connectivity index (χ0n) is 17.3. The predicted octanol–water partition coefficient (Wildman–Crippen LogP) is 4.31. The highest BCUT2D eigenvalue weighted by atomic mass is 35.5. The average Bonchev–Trinajstić information content (AvgIpc) is 2.92. The first kappa shape index (κ1) is 20.9. The highest BCUT2D eigenvalue weighted by Crippen LogP contribution is 2.29. The van der Waals surface area contributed by atoms with E-state index in [0.717, 1.165) is 40.8 Å². The van der Waals surface area contributed by atoms with E-state index in [-0.39, 0.29) is 5.92 Å². The lowest BCUT2D eigenvalue weighted by atomic mass is 10.0. The molecule has 3 heterocycles. The number of carbonyl (C=O) groups is 1. The molecule has 9 heteroatoms. The molecule has 3 aromatic heterocycles. The normalized spacial score (nSPS) is 11.3. The van der Waals surface area contributed by atoms with Gasteiger partial charge in [0.1, 0.15) is 16.5 Å². The molecule has 0 saturated heterocycles. The van der Waals surface area contributed by atoms with Gasteiger partial charge in [0.15, 0.2) is 0 Å². The number of urea groups is 1. The van der Waals surface area contributed by atoms with Gasteiger partial charge < -0.3 is 5.73 Å². The van der Waals surface area contributed by atoms with Gasteiger partial charge in [-0.2, -0.15) is 5.10 Å². The molecule has 154 valence electrons. The van der Waals surface area contributed by atoms with Crippen molar-refractivity contribution in [2.75, 3.05) is 10.4 Å². The van der Waals surface area contributed by atoms with Crippen LogP contribution >= 0.6 is 11.6 Å². The maximum absolute atomic E-state index is 12.2. The number of anilines is 2. The Morgan fingerprint density at radius 3 is 2.66 bits per heavy atom. The number of fused-ring (bicyclic) bond motifs is 1. The Labute approximate surface area is 175 Å². The van der Waals surface area contributed by atoms with Crippen molar-refractivity contribution in [2.24, 2.45) is 12.8 Å². The summed E-state index contributed by atoms with van der Waals surface area (Å²) in [4.78, 5) is 21.2. The van der Waals surface area contributed by atoms with Gasteiger partial charge in [-0.1, -0.05) is 38.8 Å². The van der Waals surface area contributed by atoms with Crippen LogP contribution in [0.2, 0.25) is 5.15 Å². The summed E-state index contributed by atoms with van der Waals surface area (Å²) in [5.74, 6) is 0.741. The first-order chi connectivity index (χ1) is 13.7. The van der Waals surface area contributed by atoms with Crippen LogP contribution in [0.4, 0.5) is 16.3 Å². The van der Waals surface area contributed by atoms with Crippen molar-refractivity contribution >= 4 is 40.2 Å². The fourth-order valence-corrected chi connectivity index (χ4v) is 3.60. The molecule has 2 amide bonds. The van der Waals surface area contributed by atoms with Gasteiger partial charge in [-0.3, -0.25) is 10.1 Å². The summed E-state index contributed by atoms with van der Waals surface area (Å²) in [5, 5.41) is 6.02. The van der Waals surface area contributed by atoms with Crippen molar-refractivity contribution in [1.29, 1.82) is 0 Å². The number of nitrogens with zero attached hydrogens (tertiary/aromatic N) is 5. The summed E-state index contributed by atoms with van der Waals surface area (Å²) >= 11 is 6.16. The molecule has 0 aromatic carbocycles. The minimum atomic E-state index is -0.675. The van der Waals surface area contributed by atoms with Crippen molar-refractivity contribution < 1.29 is 4.79 Å². The Kier molecular flexibility index (Phi) is 5.93. The van der Waals surface area contributed by atoms with Gasteiger partial charge >= 0.3 is 6.03 Å². The lowest BCUT2D eigenvalue weighted by Gasteiger charge is -2.23. The molecule has 0 spiro atoms. The van der Waals surface area contributed by atoms with Crippen LogP contribution in [0.1, 0.15) is 50.1 Å². The molecule has 0 aliphatic rings. The van der Waals surface area contributed by atoms with E-state index in [1.165, 1.54) is 5.01 Å². The van der Waals surface area contributed by atoms with Crippen LogP contribution in [0.5, 0.6) is 0 Å². The van der Waals surface area contributed by atoms with Crippen LogP contribution < -0.4 is 16.2 Å². The summed E-state index contributed by atoms with van der Waals surface area (Å²) in [6.07, 6.45) is 1.66. The minimum absolute atomic E-state index is 0.240. The van der Waals surface area contributed by atoms with E-state index in [2.05, 4.69) is 41.3 Å². The van der Waals surface area contributed by atoms with E-state index in [1.54, 1.807) is 12.1 Å². The number of amides is 2. The van der Waals surface area contributed by atoms with E-state index >= 15 is 0 Å². The van der Waals surface area contributed by atoms with Gasteiger partial charge in [-0.05, 0) is 37.0 Å². The Bertz CT molecular complexity index is 1060. The van der Waals surface area contributed by atoms with Gasteiger partial charge in [-0.15, -0.1) is 0 Å². The number of primary amides is 1. The van der Waals surface area contributed by atoms with E-state index in [1.807, 2.05) is 24.7 Å². The fraction of sp³-hybridized carbons (Fsp3) is 0.400. The maximum Gasteiger partial charge on any atom is 0.338 e. The molecule has 0 saturated carbocycles. The molecule has 8 nitrogen and oxygen atoms in total. The van der Waals surface area contributed by atoms with Crippen LogP contribution in [0.15, 0.2) is 18.2 Å². The van der Waals surface area contributed by atoms with Gasteiger partial charge in [0.05, 0.1) is 16.9 Å². The van der Waals surface area contributed by atoms with Crippen molar-refractivity contribution in [3.63, 3.8) is 0 Å². The Balaban J connectivity index is 2.07. The molecule has 29 heavy (non-hydrogen) atoms. The second kappa shape index (κ2) is 8.24. The number of aryl methyl sites for hydroxylation is 3. The molecule has 0 bridgehead atoms. The number of hydrogen-bond donors (Lipinski definition) is 2. The summed E-state index contributed by atoms with van der Waals surface area (Å²) in [6, 6.07) is 4.63. The van der Waals surface area contributed by atoms with Crippen LogP contribution in [-0.2, 0) is 13.5 Å². The highest BCUT2D eigenvalue weighted by Gasteiger charge is 2.19. The minimum Gasteiger partial charge on any atom is -0.350 e. The van der Waals surface area contributed by atoms with Crippen molar-refractivity contribution in [1.82, 2.24) is 19.7 Å². The number of carbonyl (C=O) groups excluding carboxylic acids is 1. The Morgan fingerprint density at radius 2 is 2.03 bits per heavy atom. The summed E-state index contributed by atoms with van der Waals surface area (Å²) < 4.78 is 1.84. The number of nitrogens with one attached hydrogen (secondary N) is 1. The standard InChI is InChI=1S/C20H26ClN7O/c1-6-7-13-8-14(9-16(21)23-13)28(20(22)29)26-17-10-15(11(2)3)19-18(24-17)12(4)25-27(19)5/h8-11H,6-7H2,1-5H3,(H2,22,29)(H,24,26). The summed E-state index contributed by atoms with van der Waals surface area (Å²) in [6.45, 7) is 8.17. The van der Waals surface area contributed by atoms with Crippen LogP contribution in [0, 0.1) is 6.92 Å². The summed E-state index contributed by atoms with van der Waals surface area (Å²) in [7, 11) is 1.90. The smallest absolute Gasteiger partial charge is 0.338 e. The molecule has 3 N–H and O–H groups in total. The zero-order chi connectivity index (χ0) is 21.3. The number of halogens is 1. The second-order valence-electron chi connectivity index (χ2n) is 7.33. The maximum atomic E-state index is 12.2. The third-order valence-electron chi connectivity index (χ3n) is 4.65. The highest BCUT2D eigenvalue weighted by molar-refractivity contribution is 6.29. The fourth-order valence-electron chi connectivity index (χ4n) is 3.38. The SMILES string of the molecule is CCCc1cc(N(Nc2cc(C(C)C)c3c(n2)c(C)nn3C)C(N)=O)cc(Cl)n1. The molecule has 0 aliphatic heterocycles. The quantitative estimate of drug-likeness (QED) is 0.461. The van der Waals surface area contributed by atoms with Gasteiger partial charge in [-0.25, -0.2) is 19.8 Å². The number of aromatic nitrogens is 4. The summed E-state index contributed by atoms with van der Waals surface area (Å²) in [5.41, 5.74) is 13.6. The third kappa shape index (κ3) is 4.27. The zero-order valence-corrected chi connectivity index (χ0v) is 18.1. The van der Waals surface area contributed by atoms with Gasteiger partial charge in [0.2, 0.25) is 0 Å². The van der Waals surface area contributed by atoms with Crippen molar-refractivity contribution in [2.45, 2.75) is 46.5 Å². The molecule has 0 unspecified atom stereocenters. The first-order valence-electron chi connectivity index (χ1n) is 9.58. The van der Waals surface area contributed by atoms with Crippen molar-refractivity contribution in [3.05, 3.63) is 40.3 Å². The Hall–Kier alpha value is -2.87. The number of rotatable bonds is 6. The second-order valence-corrected chi connectivity index (χ2v) is 7.72. The number of nitrogens with two attached hydrogens (primary N) is 1. The lowest BCUT2D eigenvalue weighted by molar-refractivity contribution is 0.255. The third-order valence-corrected chi connectivity index (χ3v) is 4.85. The van der Waals surface area contributed by atoms with Gasteiger partial charge in [0, 0.05) is 18.8 Å². The van der Waals surface area contributed by atoms with E-state index in [9.17, 15) is 4.79 Å². The molecule has 0 radical (unpaired) electrons. The molecular weight excluding hydrogens is 390 g/mol. The van der Waals surface area contributed by atoms with E-state index in [0.29, 0.717) is 16.7 Å². The van der Waals surface area contributed by atoms with Crippen LogP contribution in [0.3, 0.4) is 0 Å². The largest absolute Gasteiger partial charge is 0.350 e. The molecule has 0 atom stereocenters. The number of pyridine rings is 2. The molecular formula is C20H26ClN7O. The van der Waals surface area contributed by atoms with Crippen molar-refractivity contribution in [3.8, 4) is 0 Å². The molecule has 3 aromatic rings.